The Morgan fingerprint density at radius 1 is 1.10 bits per heavy atom. The maximum atomic E-state index is 3.55. The highest BCUT2D eigenvalue weighted by Crippen LogP contribution is 2.27. The molecule has 3 nitrogen and oxygen atoms in total. The Bertz CT molecular complexity index is 428. The second-order valence-electron chi connectivity index (χ2n) is 5.75. The molecule has 0 radical (unpaired) electrons. The number of para-hydroxylation sites is 1. The van der Waals surface area contributed by atoms with E-state index in [1.807, 2.05) is 0 Å². The van der Waals surface area contributed by atoms with Crippen molar-refractivity contribution in [1.29, 1.82) is 0 Å². The van der Waals surface area contributed by atoms with Crippen molar-refractivity contribution in [2.24, 2.45) is 0 Å². The fraction of sp³-hybridized carbons (Fsp3) is 0.625. The van der Waals surface area contributed by atoms with Crippen LogP contribution in [0, 0.1) is 0 Å². The summed E-state index contributed by atoms with van der Waals surface area (Å²) in [4.78, 5) is 5.19. The summed E-state index contributed by atoms with van der Waals surface area (Å²) in [6, 6.07) is 6.77. The third kappa shape index (κ3) is 3.46. The van der Waals surface area contributed by atoms with Crippen LogP contribution < -0.4 is 5.32 Å². The number of hydrogen-bond acceptors (Lipinski definition) is 3. The predicted octanol–water partition coefficient (Wildman–Crippen LogP) is 2.60. The number of nitrogens with zero attached hydrogens (tertiary/aromatic N) is 2. The first-order valence-corrected chi connectivity index (χ1v) is 7.66. The van der Waals surface area contributed by atoms with Gasteiger partial charge in [-0.25, -0.2) is 0 Å². The van der Waals surface area contributed by atoms with Gasteiger partial charge < -0.3 is 10.2 Å². The molecule has 1 saturated heterocycles. The molecule has 2 heterocycles. The third-order valence-corrected chi connectivity index (χ3v) is 4.33. The Morgan fingerprint density at radius 3 is 2.60 bits per heavy atom. The van der Waals surface area contributed by atoms with Crippen LogP contribution in [0.15, 0.2) is 18.2 Å². The molecule has 0 unspecified atom stereocenters. The molecular weight excluding hydrogens is 270 g/mol. The molecular formula is C16H26ClN3. The van der Waals surface area contributed by atoms with Crippen molar-refractivity contribution in [1.82, 2.24) is 9.80 Å². The largest absolute Gasteiger partial charge is 0.384 e. The summed E-state index contributed by atoms with van der Waals surface area (Å²) >= 11 is 0. The van der Waals surface area contributed by atoms with Gasteiger partial charge in [0, 0.05) is 45.0 Å². The fourth-order valence-electron chi connectivity index (χ4n) is 3.27. The van der Waals surface area contributed by atoms with Gasteiger partial charge >= 0.3 is 0 Å². The molecule has 1 aromatic carbocycles. The lowest BCUT2D eigenvalue weighted by atomic mass is 10.1. The first kappa shape index (κ1) is 15.6. The van der Waals surface area contributed by atoms with Crippen LogP contribution in [0.2, 0.25) is 0 Å². The molecule has 3 rings (SSSR count). The van der Waals surface area contributed by atoms with Gasteiger partial charge in [-0.2, -0.15) is 0 Å². The Kier molecular flexibility index (Phi) is 5.70. The average molecular weight is 296 g/mol. The molecule has 2 aliphatic rings. The third-order valence-electron chi connectivity index (χ3n) is 4.33. The predicted molar refractivity (Wildman–Crippen MR) is 87.9 cm³/mol. The van der Waals surface area contributed by atoms with Crippen molar-refractivity contribution in [3.8, 4) is 0 Å². The van der Waals surface area contributed by atoms with Crippen LogP contribution in [0.25, 0.3) is 0 Å². The zero-order chi connectivity index (χ0) is 13.1. The van der Waals surface area contributed by atoms with E-state index < -0.39 is 0 Å². The number of nitrogens with one attached hydrogen (secondary N) is 1. The average Bonchev–Trinajstić information content (AvgIpc) is 2.91. The molecule has 0 atom stereocenters. The minimum absolute atomic E-state index is 0. The molecule has 112 valence electrons. The standard InChI is InChI=1S/C16H25N3.ClH/c1-2-8-18-9-11-19(12-10-18)13-15-5-3-4-14-6-7-17-16(14)15;/h3-5,17H,2,6-13H2,1H3;1H. The molecule has 0 aromatic heterocycles. The normalized spacial score (nSPS) is 19.2. The van der Waals surface area contributed by atoms with Gasteiger partial charge in [0.2, 0.25) is 0 Å². The Balaban J connectivity index is 0.00000147. The Labute approximate surface area is 128 Å². The minimum Gasteiger partial charge on any atom is -0.384 e. The molecule has 1 aromatic rings. The lowest BCUT2D eigenvalue weighted by Crippen LogP contribution is -2.46. The maximum Gasteiger partial charge on any atom is 0.0419 e. The number of benzene rings is 1. The Morgan fingerprint density at radius 2 is 1.85 bits per heavy atom. The number of hydrogen-bond donors (Lipinski definition) is 1. The van der Waals surface area contributed by atoms with Crippen molar-refractivity contribution >= 4 is 18.1 Å². The quantitative estimate of drug-likeness (QED) is 0.921. The van der Waals surface area contributed by atoms with E-state index in [2.05, 4.69) is 40.2 Å². The second kappa shape index (κ2) is 7.30. The van der Waals surface area contributed by atoms with Crippen molar-refractivity contribution in [3.63, 3.8) is 0 Å². The summed E-state index contributed by atoms with van der Waals surface area (Å²) in [7, 11) is 0. The molecule has 1 N–H and O–H groups in total. The zero-order valence-corrected chi connectivity index (χ0v) is 13.2. The maximum absolute atomic E-state index is 3.55. The van der Waals surface area contributed by atoms with Gasteiger partial charge in [0.1, 0.15) is 0 Å². The van der Waals surface area contributed by atoms with Gasteiger partial charge in [-0.15, -0.1) is 12.4 Å². The van der Waals surface area contributed by atoms with E-state index in [1.165, 1.54) is 62.4 Å². The van der Waals surface area contributed by atoms with Crippen LogP contribution >= 0.6 is 12.4 Å². The first-order chi connectivity index (χ1) is 9.36. The smallest absolute Gasteiger partial charge is 0.0419 e. The topological polar surface area (TPSA) is 18.5 Å². The van der Waals surface area contributed by atoms with E-state index in [1.54, 1.807) is 0 Å². The Hall–Kier alpha value is -0.770. The number of halogens is 1. The van der Waals surface area contributed by atoms with Gasteiger partial charge in [0.05, 0.1) is 0 Å². The SMILES string of the molecule is CCCN1CCN(Cc2cccc3c2NCC3)CC1.Cl. The van der Waals surface area contributed by atoms with E-state index >= 15 is 0 Å². The van der Waals surface area contributed by atoms with E-state index in [9.17, 15) is 0 Å². The molecule has 0 spiro atoms. The molecule has 4 heteroatoms. The van der Waals surface area contributed by atoms with E-state index in [0.29, 0.717) is 0 Å². The number of rotatable bonds is 4. The van der Waals surface area contributed by atoms with Crippen LogP contribution in [0.5, 0.6) is 0 Å². The molecule has 1 fully saturated rings. The highest BCUT2D eigenvalue weighted by atomic mass is 35.5. The van der Waals surface area contributed by atoms with Crippen molar-refractivity contribution in [2.45, 2.75) is 26.3 Å². The van der Waals surface area contributed by atoms with Gasteiger partial charge in [-0.1, -0.05) is 25.1 Å². The lowest BCUT2D eigenvalue weighted by molar-refractivity contribution is 0.127. The molecule has 0 amide bonds. The van der Waals surface area contributed by atoms with E-state index in [-0.39, 0.29) is 12.4 Å². The summed E-state index contributed by atoms with van der Waals surface area (Å²) in [5.74, 6) is 0. The minimum atomic E-state index is 0. The van der Waals surface area contributed by atoms with Crippen LogP contribution in [0.3, 0.4) is 0 Å². The molecule has 2 aliphatic heterocycles. The summed E-state index contributed by atoms with van der Waals surface area (Å²) in [5.41, 5.74) is 4.40. The second-order valence-corrected chi connectivity index (χ2v) is 5.75. The van der Waals surface area contributed by atoms with Gasteiger partial charge in [0.15, 0.2) is 0 Å². The molecule has 20 heavy (non-hydrogen) atoms. The van der Waals surface area contributed by atoms with Crippen molar-refractivity contribution in [2.75, 3.05) is 44.6 Å². The molecule has 0 saturated carbocycles. The van der Waals surface area contributed by atoms with E-state index in [4.69, 9.17) is 0 Å². The number of anilines is 1. The lowest BCUT2D eigenvalue weighted by Gasteiger charge is -2.34. The van der Waals surface area contributed by atoms with Crippen LogP contribution in [0.4, 0.5) is 5.69 Å². The summed E-state index contributed by atoms with van der Waals surface area (Å²) in [6.07, 6.45) is 2.46. The van der Waals surface area contributed by atoms with Gasteiger partial charge in [-0.3, -0.25) is 4.90 Å². The highest BCUT2D eigenvalue weighted by Gasteiger charge is 2.19. The number of fused-ring (bicyclic) bond motifs is 1. The molecule has 0 bridgehead atoms. The fourth-order valence-corrected chi connectivity index (χ4v) is 3.27. The van der Waals surface area contributed by atoms with Gasteiger partial charge in [-0.05, 0) is 30.5 Å². The van der Waals surface area contributed by atoms with Crippen molar-refractivity contribution < 1.29 is 0 Å². The number of piperazine rings is 1. The zero-order valence-electron chi connectivity index (χ0n) is 12.4. The summed E-state index contributed by atoms with van der Waals surface area (Å²) in [5, 5.41) is 3.55. The monoisotopic (exact) mass is 295 g/mol. The highest BCUT2D eigenvalue weighted by molar-refractivity contribution is 5.85. The van der Waals surface area contributed by atoms with Crippen LogP contribution in [-0.4, -0.2) is 49.1 Å². The van der Waals surface area contributed by atoms with Crippen LogP contribution in [0.1, 0.15) is 24.5 Å². The molecule has 0 aliphatic carbocycles. The summed E-state index contributed by atoms with van der Waals surface area (Å²) < 4.78 is 0. The van der Waals surface area contributed by atoms with Gasteiger partial charge in [0.25, 0.3) is 0 Å². The summed E-state index contributed by atoms with van der Waals surface area (Å²) in [6.45, 7) is 10.6. The van der Waals surface area contributed by atoms with Crippen molar-refractivity contribution in [3.05, 3.63) is 29.3 Å². The van der Waals surface area contributed by atoms with Crippen LogP contribution in [-0.2, 0) is 13.0 Å². The first-order valence-electron chi connectivity index (χ1n) is 7.66. The van der Waals surface area contributed by atoms with E-state index in [0.717, 1.165) is 13.1 Å².